The fourth-order valence-electron chi connectivity index (χ4n) is 3.05. The molecule has 4 heteroatoms. The molecule has 0 radical (unpaired) electrons. The summed E-state index contributed by atoms with van der Waals surface area (Å²) in [7, 11) is 0. The van der Waals surface area contributed by atoms with Crippen molar-refractivity contribution in [3.63, 3.8) is 0 Å². The van der Waals surface area contributed by atoms with E-state index in [4.69, 9.17) is 4.74 Å². The summed E-state index contributed by atoms with van der Waals surface area (Å²) in [6.07, 6.45) is 1.08. The molecule has 0 atom stereocenters. The average molecular weight is 324 g/mol. The van der Waals surface area contributed by atoms with Gasteiger partial charge in [-0.25, -0.2) is 0 Å². The number of hydrogen-bond donors (Lipinski definition) is 1. The molecule has 0 aliphatic carbocycles. The van der Waals surface area contributed by atoms with Crippen molar-refractivity contribution in [1.82, 2.24) is 0 Å². The van der Waals surface area contributed by atoms with Crippen molar-refractivity contribution in [3.05, 3.63) is 53.1 Å². The summed E-state index contributed by atoms with van der Waals surface area (Å²) in [6, 6.07) is 12.1. The molecule has 0 bridgehead atoms. The lowest BCUT2D eigenvalue weighted by Crippen LogP contribution is -2.21. The fourth-order valence-corrected chi connectivity index (χ4v) is 3.05. The number of nitrogens with one attached hydrogen (secondary N) is 1. The van der Waals surface area contributed by atoms with Gasteiger partial charge in [-0.15, -0.1) is 0 Å². The predicted molar refractivity (Wildman–Crippen MR) is 98.1 cm³/mol. The number of fused-ring (bicyclic) bond motifs is 1. The Morgan fingerprint density at radius 2 is 2.04 bits per heavy atom. The van der Waals surface area contributed by atoms with Gasteiger partial charge in [0.1, 0.15) is 5.75 Å². The van der Waals surface area contributed by atoms with Gasteiger partial charge >= 0.3 is 0 Å². The zero-order chi connectivity index (χ0) is 17.1. The summed E-state index contributed by atoms with van der Waals surface area (Å²) in [5.41, 5.74) is 5.55. The van der Waals surface area contributed by atoms with Crippen LogP contribution in [0.15, 0.2) is 36.4 Å². The van der Waals surface area contributed by atoms with Crippen LogP contribution >= 0.6 is 0 Å². The second kappa shape index (κ2) is 6.95. The molecule has 2 aromatic rings. The molecule has 2 aromatic carbocycles. The highest BCUT2D eigenvalue weighted by molar-refractivity contribution is 5.92. The van der Waals surface area contributed by atoms with Crippen LogP contribution in [0.4, 0.5) is 11.4 Å². The van der Waals surface area contributed by atoms with Gasteiger partial charge in [0, 0.05) is 24.5 Å². The van der Waals surface area contributed by atoms with E-state index >= 15 is 0 Å². The second-order valence-electron chi connectivity index (χ2n) is 6.28. The van der Waals surface area contributed by atoms with Gasteiger partial charge in [-0.3, -0.25) is 4.79 Å². The van der Waals surface area contributed by atoms with Gasteiger partial charge in [-0.05, 0) is 62.1 Å². The summed E-state index contributed by atoms with van der Waals surface area (Å²) in [6.45, 7) is 8.19. The number of amides is 1. The lowest BCUT2D eigenvalue weighted by Gasteiger charge is -2.17. The molecular weight excluding hydrogens is 300 g/mol. The van der Waals surface area contributed by atoms with E-state index in [9.17, 15) is 4.79 Å². The van der Waals surface area contributed by atoms with Gasteiger partial charge in [0.25, 0.3) is 5.91 Å². The third-order valence-corrected chi connectivity index (χ3v) is 4.44. The quantitative estimate of drug-likeness (QED) is 0.912. The molecule has 1 aliphatic rings. The number of likely N-dealkylation sites (N-methyl/N-ethyl adjacent to an activating group) is 1. The first kappa shape index (κ1) is 16.4. The maximum atomic E-state index is 12.2. The molecule has 0 spiro atoms. The Balaban J connectivity index is 1.62. The number of rotatable bonds is 5. The largest absolute Gasteiger partial charge is 0.483 e. The molecule has 0 fully saturated rings. The van der Waals surface area contributed by atoms with Crippen LogP contribution in [0.2, 0.25) is 0 Å². The Kier molecular flexibility index (Phi) is 4.74. The van der Waals surface area contributed by atoms with Gasteiger partial charge < -0.3 is 15.0 Å². The number of nitrogens with zero attached hydrogens (tertiary/aromatic N) is 1. The molecule has 126 valence electrons. The van der Waals surface area contributed by atoms with E-state index in [0.29, 0.717) is 0 Å². The monoisotopic (exact) mass is 324 g/mol. The van der Waals surface area contributed by atoms with Crippen molar-refractivity contribution < 1.29 is 9.53 Å². The lowest BCUT2D eigenvalue weighted by molar-refractivity contribution is -0.118. The molecule has 3 rings (SSSR count). The highest BCUT2D eigenvalue weighted by Gasteiger charge is 2.18. The summed E-state index contributed by atoms with van der Waals surface area (Å²) in [4.78, 5) is 14.5. The molecule has 1 N–H and O–H groups in total. The first-order chi connectivity index (χ1) is 11.6. The lowest BCUT2D eigenvalue weighted by atomic mass is 10.1. The van der Waals surface area contributed by atoms with E-state index in [1.54, 1.807) is 0 Å². The van der Waals surface area contributed by atoms with Crippen LogP contribution in [-0.2, 0) is 11.2 Å². The van der Waals surface area contributed by atoms with Crippen LogP contribution in [0.1, 0.15) is 23.6 Å². The van der Waals surface area contributed by atoms with Crippen LogP contribution in [0, 0.1) is 13.8 Å². The van der Waals surface area contributed by atoms with Crippen molar-refractivity contribution in [2.75, 3.05) is 29.9 Å². The smallest absolute Gasteiger partial charge is 0.262 e. The third-order valence-electron chi connectivity index (χ3n) is 4.44. The van der Waals surface area contributed by atoms with Gasteiger partial charge in [-0.2, -0.15) is 0 Å². The normalized spacial score (nSPS) is 12.9. The van der Waals surface area contributed by atoms with E-state index < -0.39 is 0 Å². The zero-order valence-corrected chi connectivity index (χ0v) is 14.6. The Bertz CT molecular complexity index is 755. The number of aryl methyl sites for hydroxylation is 2. The van der Waals surface area contributed by atoms with Crippen LogP contribution in [0.5, 0.6) is 5.75 Å². The van der Waals surface area contributed by atoms with E-state index in [-0.39, 0.29) is 12.5 Å². The summed E-state index contributed by atoms with van der Waals surface area (Å²) < 4.78 is 5.66. The third kappa shape index (κ3) is 3.53. The maximum absolute atomic E-state index is 12.2. The molecule has 1 amide bonds. The molecule has 1 heterocycles. The molecule has 24 heavy (non-hydrogen) atoms. The van der Waals surface area contributed by atoms with E-state index in [1.165, 1.54) is 11.3 Å². The molecule has 0 unspecified atom stereocenters. The minimum atomic E-state index is -0.142. The van der Waals surface area contributed by atoms with Crippen LogP contribution in [0.25, 0.3) is 0 Å². The zero-order valence-electron chi connectivity index (χ0n) is 14.6. The summed E-state index contributed by atoms with van der Waals surface area (Å²) in [5, 5.41) is 2.93. The summed E-state index contributed by atoms with van der Waals surface area (Å²) >= 11 is 0. The van der Waals surface area contributed by atoms with Crippen molar-refractivity contribution in [1.29, 1.82) is 0 Å². The van der Waals surface area contributed by atoms with Gasteiger partial charge in [-0.1, -0.05) is 18.2 Å². The van der Waals surface area contributed by atoms with Crippen molar-refractivity contribution >= 4 is 17.3 Å². The van der Waals surface area contributed by atoms with Crippen LogP contribution in [-0.4, -0.2) is 25.6 Å². The highest BCUT2D eigenvalue weighted by atomic mass is 16.5. The van der Waals surface area contributed by atoms with Gasteiger partial charge in [0.05, 0.1) is 0 Å². The SMILES string of the molecule is CCN1CCc2ccc(NC(=O)COc3cc(C)ccc3C)cc21. The molecule has 1 aliphatic heterocycles. The first-order valence-corrected chi connectivity index (χ1v) is 8.44. The number of ether oxygens (including phenoxy) is 1. The highest BCUT2D eigenvalue weighted by Crippen LogP contribution is 2.30. The number of hydrogen-bond acceptors (Lipinski definition) is 3. The molecule has 4 nitrogen and oxygen atoms in total. The number of benzene rings is 2. The van der Waals surface area contributed by atoms with E-state index in [1.807, 2.05) is 38.1 Å². The molecule has 0 saturated heterocycles. The number of carbonyl (C=O) groups is 1. The van der Waals surface area contributed by atoms with Gasteiger partial charge in [0.15, 0.2) is 6.61 Å². The first-order valence-electron chi connectivity index (χ1n) is 8.44. The van der Waals surface area contributed by atoms with Crippen molar-refractivity contribution in [3.8, 4) is 5.75 Å². The number of carbonyl (C=O) groups excluding carboxylic acids is 1. The van der Waals surface area contributed by atoms with Crippen LogP contribution in [0.3, 0.4) is 0 Å². The second-order valence-corrected chi connectivity index (χ2v) is 6.28. The standard InChI is InChI=1S/C20H24N2O2/c1-4-22-10-9-16-7-8-17(12-18(16)22)21-20(23)13-24-19-11-14(2)5-6-15(19)3/h5-8,11-12H,4,9-10,13H2,1-3H3,(H,21,23). The van der Waals surface area contributed by atoms with E-state index in [0.717, 1.165) is 42.1 Å². The minimum Gasteiger partial charge on any atom is -0.483 e. The maximum Gasteiger partial charge on any atom is 0.262 e. The Morgan fingerprint density at radius 3 is 2.83 bits per heavy atom. The van der Waals surface area contributed by atoms with Crippen LogP contribution < -0.4 is 15.0 Å². The van der Waals surface area contributed by atoms with Crippen molar-refractivity contribution in [2.45, 2.75) is 27.2 Å². The average Bonchev–Trinajstić information content (AvgIpc) is 2.98. The predicted octanol–water partition coefficient (Wildman–Crippen LogP) is 3.70. The van der Waals surface area contributed by atoms with E-state index in [2.05, 4.69) is 29.3 Å². The fraction of sp³-hybridized carbons (Fsp3) is 0.350. The van der Waals surface area contributed by atoms with Crippen molar-refractivity contribution in [2.24, 2.45) is 0 Å². The molecular formula is C20H24N2O2. The molecule has 0 aromatic heterocycles. The topological polar surface area (TPSA) is 41.6 Å². The Hall–Kier alpha value is -2.49. The molecule has 0 saturated carbocycles. The summed E-state index contributed by atoms with van der Waals surface area (Å²) in [5.74, 6) is 0.619. The minimum absolute atomic E-state index is 0.0128. The number of anilines is 2. The van der Waals surface area contributed by atoms with Gasteiger partial charge in [0.2, 0.25) is 0 Å². The Labute approximate surface area is 143 Å². The Morgan fingerprint density at radius 1 is 1.21 bits per heavy atom.